The first-order valence-electron chi connectivity index (χ1n) is 11.0. The van der Waals surface area contributed by atoms with E-state index >= 15 is 0 Å². The Bertz CT molecular complexity index is 844. The molecule has 5 heteroatoms. The first kappa shape index (κ1) is 27.9. The van der Waals surface area contributed by atoms with Crippen LogP contribution in [0.4, 0.5) is 17.1 Å². The zero-order valence-electron chi connectivity index (χ0n) is 20.7. The van der Waals surface area contributed by atoms with Gasteiger partial charge in [-0.15, -0.1) is 0 Å². The van der Waals surface area contributed by atoms with Gasteiger partial charge in [-0.05, 0) is 57.2 Å². The van der Waals surface area contributed by atoms with E-state index in [1.807, 2.05) is 6.07 Å². The Balaban J connectivity index is 0.000000377. The van der Waals surface area contributed by atoms with Gasteiger partial charge in [-0.25, -0.2) is 0 Å². The predicted octanol–water partition coefficient (Wildman–Crippen LogP) is 6.62. The van der Waals surface area contributed by atoms with Crippen molar-refractivity contribution in [2.24, 2.45) is 0 Å². The van der Waals surface area contributed by atoms with Gasteiger partial charge >= 0.3 is 5.97 Å². The number of aryl methyl sites for hydroxylation is 2. The average molecular weight is 452 g/mol. The van der Waals surface area contributed by atoms with E-state index in [1.54, 1.807) is 21.1 Å². The summed E-state index contributed by atoms with van der Waals surface area (Å²) in [6.07, 6.45) is 0. The Kier molecular flexibility index (Phi) is 13.9. The number of hydrogen-bond donors (Lipinski definition) is 0. The first-order chi connectivity index (χ1) is 15.9. The molecule has 0 atom stereocenters. The molecular formula is C28H37NO4. The summed E-state index contributed by atoms with van der Waals surface area (Å²) in [5.74, 6) is -0.211. The topological polar surface area (TPSA) is 48.0 Å². The minimum atomic E-state index is -0.211. The van der Waals surface area contributed by atoms with Crippen LogP contribution in [0.2, 0.25) is 0 Å². The highest BCUT2D eigenvalue weighted by Crippen LogP contribution is 2.34. The van der Waals surface area contributed by atoms with E-state index < -0.39 is 0 Å². The maximum atomic E-state index is 9.82. The molecule has 0 unspecified atom stereocenters. The lowest BCUT2D eigenvalue weighted by molar-refractivity contribution is -0.140. The van der Waals surface area contributed by atoms with Crippen LogP contribution in [0.5, 0.6) is 0 Å². The Hall–Kier alpha value is -3.15. The van der Waals surface area contributed by atoms with Crippen LogP contribution in [-0.2, 0) is 19.0 Å². The molecule has 0 aliphatic heterocycles. The lowest BCUT2D eigenvalue weighted by Gasteiger charge is -2.25. The van der Waals surface area contributed by atoms with Crippen LogP contribution in [0.15, 0.2) is 78.9 Å². The summed E-state index contributed by atoms with van der Waals surface area (Å²) in [7, 11) is 3.30. The summed E-state index contributed by atoms with van der Waals surface area (Å²) >= 11 is 0. The highest BCUT2D eigenvalue weighted by Gasteiger charge is 2.11. The summed E-state index contributed by atoms with van der Waals surface area (Å²) < 4.78 is 13.7. The van der Waals surface area contributed by atoms with E-state index in [0.29, 0.717) is 19.8 Å². The van der Waals surface area contributed by atoms with Gasteiger partial charge in [-0.3, -0.25) is 4.79 Å². The fourth-order valence-electron chi connectivity index (χ4n) is 2.78. The smallest absolute Gasteiger partial charge is 0.302 e. The number of nitrogens with zero attached hydrogens (tertiary/aromatic N) is 1. The third-order valence-corrected chi connectivity index (χ3v) is 4.44. The summed E-state index contributed by atoms with van der Waals surface area (Å²) in [6.45, 7) is 9.26. The summed E-state index contributed by atoms with van der Waals surface area (Å²) in [5, 5.41) is 0. The van der Waals surface area contributed by atoms with Crippen LogP contribution >= 0.6 is 0 Å². The van der Waals surface area contributed by atoms with Crippen molar-refractivity contribution in [3.8, 4) is 0 Å². The molecule has 0 radical (unpaired) electrons. The van der Waals surface area contributed by atoms with E-state index in [1.165, 1.54) is 35.1 Å². The van der Waals surface area contributed by atoms with Crippen molar-refractivity contribution >= 4 is 23.0 Å². The van der Waals surface area contributed by atoms with Crippen LogP contribution < -0.4 is 4.90 Å². The molecule has 0 aliphatic carbocycles. The molecule has 0 aromatic heterocycles. The maximum Gasteiger partial charge on any atom is 0.302 e. The third kappa shape index (κ3) is 11.3. The predicted molar refractivity (Wildman–Crippen MR) is 137 cm³/mol. The standard InChI is InChI=1S/C20H19N.C4H10O2.C4H8O2/c1-16-8-12-19(13-9-16)21(18-6-4-3-5-7-18)20-14-10-17(2)11-15-20;1-5-3-4-6-2;1-3-6-4(2)5/h3-15H,1-2H3;3-4H2,1-2H3;3H2,1-2H3. The molecule has 3 aromatic carbocycles. The molecular weight excluding hydrogens is 414 g/mol. The first-order valence-corrected chi connectivity index (χ1v) is 11.0. The van der Waals surface area contributed by atoms with Gasteiger partial charge < -0.3 is 19.1 Å². The Morgan fingerprint density at radius 3 is 1.39 bits per heavy atom. The van der Waals surface area contributed by atoms with Crippen molar-refractivity contribution in [1.29, 1.82) is 0 Å². The maximum absolute atomic E-state index is 9.82. The number of carbonyl (C=O) groups excluding carboxylic acids is 1. The largest absolute Gasteiger partial charge is 0.466 e. The Labute approximate surface area is 198 Å². The highest BCUT2D eigenvalue weighted by molar-refractivity contribution is 5.76. The molecule has 0 amide bonds. The molecule has 0 saturated carbocycles. The van der Waals surface area contributed by atoms with Crippen LogP contribution in [0.25, 0.3) is 0 Å². The van der Waals surface area contributed by atoms with Crippen LogP contribution in [-0.4, -0.2) is 40.0 Å². The van der Waals surface area contributed by atoms with Crippen molar-refractivity contribution in [2.75, 3.05) is 38.9 Å². The monoisotopic (exact) mass is 451 g/mol. The fraction of sp³-hybridized carbons (Fsp3) is 0.321. The number of ether oxygens (including phenoxy) is 3. The number of rotatable bonds is 7. The quantitative estimate of drug-likeness (QED) is 0.298. The van der Waals surface area contributed by atoms with Gasteiger partial charge in [0.15, 0.2) is 0 Å². The number of methoxy groups -OCH3 is 2. The van der Waals surface area contributed by atoms with Crippen LogP contribution in [0, 0.1) is 13.8 Å². The Morgan fingerprint density at radius 2 is 1.09 bits per heavy atom. The van der Waals surface area contributed by atoms with Crippen LogP contribution in [0.3, 0.4) is 0 Å². The summed E-state index contributed by atoms with van der Waals surface area (Å²) in [6, 6.07) is 27.8. The van der Waals surface area contributed by atoms with Gasteiger partial charge in [-0.1, -0.05) is 53.6 Å². The van der Waals surface area contributed by atoms with E-state index in [2.05, 4.69) is 106 Å². The summed E-state index contributed by atoms with van der Waals surface area (Å²) in [4.78, 5) is 12.1. The highest BCUT2D eigenvalue weighted by atomic mass is 16.5. The second-order valence-corrected chi connectivity index (χ2v) is 7.25. The van der Waals surface area contributed by atoms with Crippen molar-refractivity contribution in [3.05, 3.63) is 90.0 Å². The number of esters is 1. The molecule has 5 nitrogen and oxygen atoms in total. The third-order valence-electron chi connectivity index (χ3n) is 4.44. The van der Waals surface area contributed by atoms with E-state index in [4.69, 9.17) is 0 Å². The number of carbonyl (C=O) groups is 1. The number of hydrogen-bond acceptors (Lipinski definition) is 5. The van der Waals surface area contributed by atoms with Gasteiger partial charge in [0.1, 0.15) is 0 Å². The van der Waals surface area contributed by atoms with Gasteiger partial charge in [0.05, 0.1) is 19.8 Å². The normalized spacial score (nSPS) is 9.64. The molecule has 0 saturated heterocycles. The minimum absolute atomic E-state index is 0.211. The molecule has 178 valence electrons. The van der Waals surface area contributed by atoms with Crippen LogP contribution in [0.1, 0.15) is 25.0 Å². The fourth-order valence-corrected chi connectivity index (χ4v) is 2.78. The number of anilines is 3. The van der Waals surface area contributed by atoms with Gasteiger partial charge in [0, 0.05) is 38.2 Å². The second-order valence-electron chi connectivity index (χ2n) is 7.25. The van der Waals surface area contributed by atoms with E-state index in [-0.39, 0.29) is 5.97 Å². The van der Waals surface area contributed by atoms with Gasteiger partial charge in [0.25, 0.3) is 0 Å². The zero-order valence-corrected chi connectivity index (χ0v) is 20.7. The lowest BCUT2D eigenvalue weighted by Crippen LogP contribution is -2.09. The zero-order chi connectivity index (χ0) is 24.5. The molecule has 3 aromatic rings. The van der Waals surface area contributed by atoms with Crippen molar-refractivity contribution in [3.63, 3.8) is 0 Å². The van der Waals surface area contributed by atoms with E-state index in [0.717, 1.165) is 0 Å². The molecule has 0 fully saturated rings. The SMILES string of the molecule is CCOC(C)=O.COCCOC.Cc1ccc(N(c2ccccc2)c2ccc(C)cc2)cc1. The molecule has 33 heavy (non-hydrogen) atoms. The summed E-state index contributed by atoms with van der Waals surface area (Å²) in [5.41, 5.74) is 6.07. The molecule has 0 spiro atoms. The minimum Gasteiger partial charge on any atom is -0.466 e. The lowest BCUT2D eigenvalue weighted by atomic mass is 10.1. The average Bonchev–Trinajstić information content (AvgIpc) is 2.82. The van der Waals surface area contributed by atoms with Gasteiger partial charge in [0.2, 0.25) is 0 Å². The van der Waals surface area contributed by atoms with E-state index in [9.17, 15) is 4.79 Å². The van der Waals surface area contributed by atoms with Crippen molar-refractivity contribution in [2.45, 2.75) is 27.7 Å². The molecule has 0 bridgehead atoms. The van der Waals surface area contributed by atoms with Crippen molar-refractivity contribution in [1.82, 2.24) is 0 Å². The number of benzene rings is 3. The molecule has 0 heterocycles. The number of para-hydroxylation sites is 1. The Morgan fingerprint density at radius 1 is 0.697 bits per heavy atom. The van der Waals surface area contributed by atoms with Crippen molar-refractivity contribution < 1.29 is 19.0 Å². The molecule has 0 aliphatic rings. The molecule has 3 rings (SSSR count). The van der Waals surface area contributed by atoms with Gasteiger partial charge in [-0.2, -0.15) is 0 Å². The second kappa shape index (κ2) is 16.5. The molecule has 0 N–H and O–H groups in total.